The van der Waals surface area contributed by atoms with Gasteiger partial charge in [-0.3, -0.25) is 0 Å². The minimum Gasteiger partial charge on any atom is -0.497 e. The van der Waals surface area contributed by atoms with E-state index in [1.807, 2.05) is 12.1 Å². The third-order valence-corrected chi connectivity index (χ3v) is 3.84. The Kier molecular flexibility index (Phi) is 2.19. The highest BCUT2D eigenvalue weighted by atomic mass is 16.5. The minimum atomic E-state index is -0.412. The molecule has 16 heavy (non-hydrogen) atoms. The van der Waals surface area contributed by atoms with E-state index in [-0.39, 0.29) is 0 Å². The van der Waals surface area contributed by atoms with E-state index in [4.69, 9.17) is 4.74 Å². The largest absolute Gasteiger partial charge is 0.497 e. The van der Waals surface area contributed by atoms with Crippen LogP contribution in [0.2, 0.25) is 0 Å². The third-order valence-electron chi connectivity index (χ3n) is 3.84. The van der Waals surface area contributed by atoms with Gasteiger partial charge in [-0.1, -0.05) is 6.07 Å². The quantitative estimate of drug-likeness (QED) is 0.749. The van der Waals surface area contributed by atoms with Gasteiger partial charge in [-0.25, -0.2) is 0 Å². The van der Waals surface area contributed by atoms with Crippen molar-refractivity contribution < 1.29 is 9.84 Å². The molecule has 3 rings (SSSR count). The Bertz CT molecular complexity index is 412. The summed E-state index contributed by atoms with van der Waals surface area (Å²) in [6.07, 6.45) is 2.04. The van der Waals surface area contributed by atoms with Gasteiger partial charge < -0.3 is 15.2 Å². The normalized spacial score (nSPS) is 26.0. The van der Waals surface area contributed by atoms with E-state index in [0.717, 1.165) is 17.9 Å². The fraction of sp³-hybridized carbons (Fsp3) is 0.538. The molecule has 0 saturated heterocycles. The van der Waals surface area contributed by atoms with Gasteiger partial charge in [-0.05, 0) is 36.1 Å². The standard InChI is InChI=1S/C13H17NO2/c1-16-9-2-3-11-10(6-9)12(15)7-14-8-13(11)4-5-13/h2-3,6,12,14-15H,4-5,7-8H2,1H3. The summed E-state index contributed by atoms with van der Waals surface area (Å²) >= 11 is 0. The van der Waals surface area contributed by atoms with Crippen molar-refractivity contribution >= 4 is 0 Å². The van der Waals surface area contributed by atoms with Crippen LogP contribution in [0.15, 0.2) is 18.2 Å². The van der Waals surface area contributed by atoms with Gasteiger partial charge in [0.25, 0.3) is 0 Å². The number of hydrogen-bond donors (Lipinski definition) is 2. The number of fused-ring (bicyclic) bond motifs is 2. The lowest BCUT2D eigenvalue weighted by atomic mass is 9.90. The monoisotopic (exact) mass is 219 g/mol. The fourth-order valence-electron chi connectivity index (χ4n) is 2.68. The number of aliphatic hydroxyl groups is 1. The predicted molar refractivity (Wildman–Crippen MR) is 61.7 cm³/mol. The molecule has 1 fully saturated rings. The molecular formula is C13H17NO2. The fourth-order valence-corrected chi connectivity index (χ4v) is 2.68. The van der Waals surface area contributed by atoms with E-state index in [0.29, 0.717) is 12.0 Å². The molecule has 1 aromatic carbocycles. The highest BCUT2D eigenvalue weighted by Crippen LogP contribution is 2.51. The lowest BCUT2D eigenvalue weighted by molar-refractivity contribution is 0.177. The van der Waals surface area contributed by atoms with Crippen molar-refractivity contribution in [3.63, 3.8) is 0 Å². The molecular weight excluding hydrogens is 202 g/mol. The Hall–Kier alpha value is -1.06. The Morgan fingerprint density at radius 2 is 2.25 bits per heavy atom. The van der Waals surface area contributed by atoms with Crippen molar-refractivity contribution in [2.45, 2.75) is 24.4 Å². The third kappa shape index (κ3) is 1.43. The van der Waals surface area contributed by atoms with Crippen LogP contribution in [0, 0.1) is 0 Å². The number of ether oxygens (including phenoxy) is 1. The van der Waals surface area contributed by atoms with E-state index >= 15 is 0 Å². The topological polar surface area (TPSA) is 41.5 Å². The summed E-state index contributed by atoms with van der Waals surface area (Å²) in [6.45, 7) is 1.63. The smallest absolute Gasteiger partial charge is 0.119 e. The molecule has 0 amide bonds. The van der Waals surface area contributed by atoms with Crippen LogP contribution in [-0.4, -0.2) is 25.3 Å². The number of hydrogen-bond acceptors (Lipinski definition) is 3. The van der Waals surface area contributed by atoms with Gasteiger partial charge in [-0.15, -0.1) is 0 Å². The summed E-state index contributed by atoms with van der Waals surface area (Å²) in [6, 6.07) is 6.10. The first kappa shape index (κ1) is 10.1. The molecule has 0 radical (unpaired) electrons. The summed E-state index contributed by atoms with van der Waals surface area (Å²) in [5.74, 6) is 0.829. The maximum Gasteiger partial charge on any atom is 0.119 e. The van der Waals surface area contributed by atoms with Crippen LogP contribution in [0.1, 0.15) is 30.1 Å². The second-order valence-corrected chi connectivity index (χ2v) is 4.88. The van der Waals surface area contributed by atoms with Crippen molar-refractivity contribution in [3.05, 3.63) is 29.3 Å². The molecule has 2 aliphatic rings. The first-order valence-electron chi connectivity index (χ1n) is 5.82. The first-order valence-corrected chi connectivity index (χ1v) is 5.82. The summed E-state index contributed by atoms with van der Waals surface area (Å²) in [5, 5.41) is 13.4. The number of aliphatic hydroxyl groups excluding tert-OH is 1. The average Bonchev–Trinajstić information content (AvgIpc) is 3.10. The molecule has 0 bridgehead atoms. The van der Waals surface area contributed by atoms with Crippen LogP contribution >= 0.6 is 0 Å². The molecule has 1 unspecified atom stereocenters. The lowest BCUT2D eigenvalue weighted by Crippen LogP contribution is -2.25. The Morgan fingerprint density at radius 1 is 1.44 bits per heavy atom. The van der Waals surface area contributed by atoms with Crippen molar-refractivity contribution in [1.29, 1.82) is 0 Å². The Labute approximate surface area is 95.4 Å². The molecule has 1 aliphatic carbocycles. The highest BCUT2D eigenvalue weighted by Gasteiger charge is 2.47. The van der Waals surface area contributed by atoms with Crippen LogP contribution in [0.3, 0.4) is 0 Å². The molecule has 3 nitrogen and oxygen atoms in total. The zero-order valence-corrected chi connectivity index (χ0v) is 9.49. The lowest BCUT2D eigenvalue weighted by Gasteiger charge is -2.17. The number of nitrogens with one attached hydrogen (secondary N) is 1. The molecule has 1 aromatic rings. The van der Waals surface area contributed by atoms with Gasteiger partial charge in [0.15, 0.2) is 0 Å². The van der Waals surface area contributed by atoms with Crippen molar-refractivity contribution in [1.82, 2.24) is 5.32 Å². The molecule has 0 aromatic heterocycles. The van der Waals surface area contributed by atoms with Crippen molar-refractivity contribution in [2.75, 3.05) is 20.2 Å². The summed E-state index contributed by atoms with van der Waals surface area (Å²) in [4.78, 5) is 0. The SMILES string of the molecule is COc1ccc2c(c1)C(O)CNCC21CC1. The zero-order chi connectivity index (χ0) is 11.2. The molecule has 1 aliphatic heterocycles. The summed E-state index contributed by atoms with van der Waals surface area (Å²) in [7, 11) is 1.66. The molecule has 2 N–H and O–H groups in total. The maximum atomic E-state index is 10.1. The highest BCUT2D eigenvalue weighted by molar-refractivity contribution is 5.45. The maximum absolute atomic E-state index is 10.1. The van der Waals surface area contributed by atoms with Gasteiger partial charge in [-0.2, -0.15) is 0 Å². The second kappa shape index (κ2) is 3.47. The minimum absolute atomic E-state index is 0.291. The second-order valence-electron chi connectivity index (χ2n) is 4.88. The van der Waals surface area contributed by atoms with Crippen molar-refractivity contribution in [3.8, 4) is 5.75 Å². The predicted octanol–water partition coefficient (Wildman–Crippen LogP) is 1.36. The van der Waals surface area contributed by atoms with Crippen LogP contribution < -0.4 is 10.1 Å². The van der Waals surface area contributed by atoms with Crippen LogP contribution in [0.4, 0.5) is 0 Å². The van der Waals surface area contributed by atoms with Gasteiger partial charge in [0.05, 0.1) is 13.2 Å². The Morgan fingerprint density at radius 3 is 2.94 bits per heavy atom. The van der Waals surface area contributed by atoms with Crippen LogP contribution in [0.5, 0.6) is 5.75 Å². The molecule has 3 heteroatoms. The summed E-state index contributed by atoms with van der Waals surface area (Å²) in [5.41, 5.74) is 2.65. The van der Waals surface area contributed by atoms with Gasteiger partial charge in [0.1, 0.15) is 5.75 Å². The number of rotatable bonds is 1. The molecule has 1 heterocycles. The van der Waals surface area contributed by atoms with E-state index in [2.05, 4.69) is 11.4 Å². The van der Waals surface area contributed by atoms with Crippen LogP contribution in [0.25, 0.3) is 0 Å². The molecule has 1 spiro atoms. The zero-order valence-electron chi connectivity index (χ0n) is 9.49. The van der Waals surface area contributed by atoms with Crippen LogP contribution in [-0.2, 0) is 5.41 Å². The van der Waals surface area contributed by atoms with E-state index < -0.39 is 6.10 Å². The van der Waals surface area contributed by atoms with Gasteiger partial charge in [0.2, 0.25) is 0 Å². The van der Waals surface area contributed by atoms with E-state index in [9.17, 15) is 5.11 Å². The van der Waals surface area contributed by atoms with Gasteiger partial charge in [0, 0.05) is 18.5 Å². The van der Waals surface area contributed by atoms with Gasteiger partial charge >= 0.3 is 0 Å². The number of benzene rings is 1. The summed E-state index contributed by atoms with van der Waals surface area (Å²) < 4.78 is 5.23. The Balaban J connectivity index is 2.10. The average molecular weight is 219 g/mol. The number of methoxy groups -OCH3 is 1. The van der Waals surface area contributed by atoms with E-state index in [1.165, 1.54) is 18.4 Å². The number of β-amino-alcohol motifs (C(OH)–C–C–N with tert-alkyl or cyclic N) is 1. The molecule has 86 valence electrons. The first-order chi connectivity index (χ1) is 7.75. The molecule has 1 atom stereocenters. The van der Waals surface area contributed by atoms with Crippen molar-refractivity contribution in [2.24, 2.45) is 0 Å². The molecule has 1 saturated carbocycles. The van der Waals surface area contributed by atoms with E-state index in [1.54, 1.807) is 7.11 Å².